The lowest BCUT2D eigenvalue weighted by Crippen LogP contribution is -2.42. The van der Waals surface area contributed by atoms with E-state index in [9.17, 15) is 24.6 Å². The largest absolute Gasteiger partial charge is 0.508 e. The molecule has 0 unspecified atom stereocenters. The first kappa shape index (κ1) is 19.3. The van der Waals surface area contributed by atoms with E-state index >= 15 is 0 Å². The first-order chi connectivity index (χ1) is 12.3. The minimum Gasteiger partial charge on any atom is -0.508 e. The molecule has 7 nitrogen and oxygen atoms in total. The number of nitrogens with one attached hydrogen (secondary N) is 2. The van der Waals surface area contributed by atoms with Crippen molar-refractivity contribution in [3.05, 3.63) is 58.6 Å². The predicted octanol–water partition coefficient (Wildman–Crippen LogP) is 2.43. The summed E-state index contributed by atoms with van der Waals surface area (Å²) in [7, 11) is 0. The Morgan fingerprint density at radius 3 is 2.35 bits per heavy atom. The Labute approximate surface area is 154 Å². The van der Waals surface area contributed by atoms with Gasteiger partial charge in [0.1, 0.15) is 11.8 Å². The van der Waals surface area contributed by atoms with Crippen LogP contribution in [0.25, 0.3) is 0 Å². The number of phenolic OH excluding ortho intramolecular Hbond substituents is 1. The highest BCUT2D eigenvalue weighted by Gasteiger charge is 2.22. The average molecular weight is 377 g/mol. The number of hydrogen-bond donors (Lipinski definition) is 4. The second kappa shape index (κ2) is 8.35. The van der Waals surface area contributed by atoms with Crippen molar-refractivity contribution in [1.82, 2.24) is 5.32 Å². The molecule has 8 heteroatoms. The smallest absolute Gasteiger partial charge is 0.326 e. The second-order valence-corrected chi connectivity index (χ2v) is 6.02. The van der Waals surface area contributed by atoms with Crippen LogP contribution in [-0.4, -0.2) is 34.0 Å². The van der Waals surface area contributed by atoms with E-state index in [0.717, 1.165) is 0 Å². The van der Waals surface area contributed by atoms with Crippen molar-refractivity contribution in [3.8, 4) is 5.75 Å². The fraction of sp³-hybridized carbons (Fsp3) is 0.167. The summed E-state index contributed by atoms with van der Waals surface area (Å²) in [5.74, 6) is -2.13. The number of carbonyl (C=O) groups is 3. The second-order valence-electron chi connectivity index (χ2n) is 5.61. The van der Waals surface area contributed by atoms with Gasteiger partial charge in [-0.2, -0.15) is 0 Å². The van der Waals surface area contributed by atoms with Gasteiger partial charge in [0.2, 0.25) is 5.91 Å². The number of phenols is 1. The number of rotatable bonds is 6. The van der Waals surface area contributed by atoms with Gasteiger partial charge in [-0.15, -0.1) is 0 Å². The first-order valence-electron chi connectivity index (χ1n) is 7.65. The van der Waals surface area contributed by atoms with E-state index in [2.05, 4.69) is 10.6 Å². The molecule has 0 aliphatic heterocycles. The fourth-order valence-electron chi connectivity index (χ4n) is 2.28. The number of hydrogen-bond acceptors (Lipinski definition) is 4. The van der Waals surface area contributed by atoms with Crippen LogP contribution < -0.4 is 10.6 Å². The highest BCUT2D eigenvalue weighted by atomic mass is 35.5. The Hall–Kier alpha value is -3.06. The molecule has 26 heavy (non-hydrogen) atoms. The Bertz CT molecular complexity index is 836. The quantitative estimate of drug-likeness (QED) is 0.618. The summed E-state index contributed by atoms with van der Waals surface area (Å²) in [5.41, 5.74) is 1.06. The molecule has 2 amide bonds. The number of aromatic hydroxyl groups is 1. The summed E-state index contributed by atoms with van der Waals surface area (Å²) in [6, 6.07) is 9.17. The molecule has 4 N–H and O–H groups in total. The standard InChI is InChI=1S/C18H17ClN2O5/c1-10(22)20-12-4-7-15(19)14(9-12)17(24)21-16(18(25)26)8-11-2-5-13(23)6-3-11/h2-7,9,16,23H,8H2,1H3,(H,20,22)(H,21,24)(H,25,26)/t16-/m0/s1. The zero-order chi connectivity index (χ0) is 19.3. The molecule has 2 aromatic rings. The highest BCUT2D eigenvalue weighted by Crippen LogP contribution is 2.21. The van der Waals surface area contributed by atoms with E-state index in [0.29, 0.717) is 11.3 Å². The number of carboxylic acids is 1. The molecular formula is C18H17ClN2O5. The van der Waals surface area contributed by atoms with Crippen LogP contribution in [0, 0.1) is 0 Å². The third-order valence-electron chi connectivity index (χ3n) is 3.51. The first-order valence-corrected chi connectivity index (χ1v) is 8.03. The Morgan fingerprint density at radius 1 is 1.12 bits per heavy atom. The van der Waals surface area contributed by atoms with Crippen LogP contribution in [0.5, 0.6) is 5.75 Å². The fourth-order valence-corrected chi connectivity index (χ4v) is 2.49. The van der Waals surface area contributed by atoms with Crippen molar-refractivity contribution in [2.75, 3.05) is 5.32 Å². The molecule has 0 aromatic heterocycles. The molecule has 0 fully saturated rings. The summed E-state index contributed by atoms with van der Waals surface area (Å²) < 4.78 is 0. The Morgan fingerprint density at radius 2 is 1.77 bits per heavy atom. The normalized spacial score (nSPS) is 11.5. The van der Waals surface area contributed by atoms with Gasteiger partial charge in [0.25, 0.3) is 5.91 Å². The van der Waals surface area contributed by atoms with Gasteiger partial charge in [-0.1, -0.05) is 23.7 Å². The van der Waals surface area contributed by atoms with Gasteiger partial charge >= 0.3 is 5.97 Å². The van der Waals surface area contributed by atoms with Crippen LogP contribution in [0.3, 0.4) is 0 Å². The highest BCUT2D eigenvalue weighted by molar-refractivity contribution is 6.34. The topological polar surface area (TPSA) is 116 Å². The molecule has 0 radical (unpaired) electrons. The van der Waals surface area contributed by atoms with Crippen LogP contribution in [0.1, 0.15) is 22.8 Å². The number of halogens is 1. The molecule has 0 heterocycles. The predicted molar refractivity (Wildman–Crippen MR) is 96.5 cm³/mol. The number of amides is 2. The van der Waals surface area contributed by atoms with Gasteiger partial charge in [0, 0.05) is 19.0 Å². The number of carboxylic acid groups (broad SMARTS) is 1. The maximum Gasteiger partial charge on any atom is 0.326 e. The van der Waals surface area contributed by atoms with Gasteiger partial charge in [0.15, 0.2) is 0 Å². The van der Waals surface area contributed by atoms with Gasteiger partial charge in [-0.05, 0) is 35.9 Å². The lowest BCUT2D eigenvalue weighted by atomic mass is 10.0. The molecular weight excluding hydrogens is 360 g/mol. The summed E-state index contributed by atoms with van der Waals surface area (Å²) in [5, 5.41) is 23.7. The molecule has 0 saturated heterocycles. The van der Waals surface area contributed by atoms with E-state index < -0.39 is 17.9 Å². The van der Waals surface area contributed by atoms with Crippen LogP contribution in [-0.2, 0) is 16.0 Å². The molecule has 0 spiro atoms. The third kappa shape index (κ3) is 5.22. The summed E-state index contributed by atoms with van der Waals surface area (Å²) in [4.78, 5) is 35.1. The lowest BCUT2D eigenvalue weighted by molar-refractivity contribution is -0.139. The monoisotopic (exact) mass is 376 g/mol. The minimum absolute atomic E-state index is 0.0321. The van der Waals surface area contributed by atoms with Crippen molar-refractivity contribution >= 4 is 35.1 Å². The average Bonchev–Trinajstić information content (AvgIpc) is 2.57. The van der Waals surface area contributed by atoms with Gasteiger partial charge in [-0.3, -0.25) is 9.59 Å². The van der Waals surface area contributed by atoms with E-state index in [1.165, 1.54) is 37.3 Å². The van der Waals surface area contributed by atoms with Crippen molar-refractivity contribution in [2.45, 2.75) is 19.4 Å². The molecule has 0 aliphatic rings. The zero-order valence-corrected chi connectivity index (χ0v) is 14.6. The van der Waals surface area contributed by atoms with Gasteiger partial charge in [0.05, 0.1) is 10.6 Å². The maximum atomic E-state index is 12.5. The van der Waals surface area contributed by atoms with Crippen molar-refractivity contribution in [3.63, 3.8) is 0 Å². The third-order valence-corrected chi connectivity index (χ3v) is 3.84. The van der Waals surface area contributed by atoms with Crippen LogP contribution >= 0.6 is 11.6 Å². The van der Waals surface area contributed by atoms with Crippen molar-refractivity contribution in [2.24, 2.45) is 0 Å². The molecule has 2 aromatic carbocycles. The minimum atomic E-state index is -1.21. The van der Waals surface area contributed by atoms with E-state index in [1.54, 1.807) is 12.1 Å². The number of benzene rings is 2. The number of carbonyl (C=O) groups excluding carboxylic acids is 2. The summed E-state index contributed by atoms with van der Waals surface area (Å²) in [6.45, 7) is 1.33. The number of anilines is 1. The summed E-state index contributed by atoms with van der Waals surface area (Å²) in [6.07, 6.45) is 0.0321. The lowest BCUT2D eigenvalue weighted by Gasteiger charge is -2.16. The maximum absolute atomic E-state index is 12.5. The molecule has 136 valence electrons. The van der Waals surface area contributed by atoms with E-state index in [-0.39, 0.29) is 28.7 Å². The van der Waals surface area contributed by atoms with E-state index in [4.69, 9.17) is 11.6 Å². The van der Waals surface area contributed by atoms with Crippen LogP contribution in [0.15, 0.2) is 42.5 Å². The zero-order valence-electron chi connectivity index (χ0n) is 13.8. The SMILES string of the molecule is CC(=O)Nc1ccc(Cl)c(C(=O)N[C@@H](Cc2ccc(O)cc2)C(=O)O)c1. The van der Waals surface area contributed by atoms with Crippen molar-refractivity contribution in [1.29, 1.82) is 0 Å². The van der Waals surface area contributed by atoms with Crippen LogP contribution in [0.4, 0.5) is 5.69 Å². The Kier molecular flexibility index (Phi) is 6.19. The molecule has 0 bridgehead atoms. The number of aliphatic carboxylic acids is 1. The van der Waals surface area contributed by atoms with Gasteiger partial charge in [-0.25, -0.2) is 4.79 Å². The van der Waals surface area contributed by atoms with Gasteiger partial charge < -0.3 is 20.8 Å². The summed E-state index contributed by atoms with van der Waals surface area (Å²) >= 11 is 6.02. The Balaban J connectivity index is 2.18. The van der Waals surface area contributed by atoms with Crippen molar-refractivity contribution < 1.29 is 24.6 Å². The van der Waals surface area contributed by atoms with E-state index in [1.807, 2.05) is 0 Å². The molecule has 0 saturated carbocycles. The molecule has 0 aliphatic carbocycles. The molecule has 1 atom stereocenters. The van der Waals surface area contributed by atoms with Crippen LogP contribution in [0.2, 0.25) is 5.02 Å². The molecule has 2 rings (SSSR count).